The molecule has 0 saturated heterocycles. The molecule has 4 rings (SSSR count). The van der Waals surface area contributed by atoms with Crippen molar-refractivity contribution in [1.82, 2.24) is 24.4 Å². The van der Waals surface area contributed by atoms with E-state index < -0.39 is 0 Å². The van der Waals surface area contributed by atoms with E-state index in [1.807, 2.05) is 40.2 Å². The second kappa shape index (κ2) is 12.9. The van der Waals surface area contributed by atoms with Gasteiger partial charge in [-0.2, -0.15) is 0 Å². The van der Waals surface area contributed by atoms with Crippen LogP contribution in [0.25, 0.3) is 22.3 Å². The minimum atomic E-state index is -0.308. The van der Waals surface area contributed by atoms with Crippen LogP contribution in [0.1, 0.15) is 31.3 Å². The Balaban J connectivity index is 1.76. The maximum Gasteiger partial charge on any atom is 0.247 e. The molecule has 0 bridgehead atoms. The van der Waals surface area contributed by atoms with Gasteiger partial charge in [0.2, 0.25) is 11.9 Å². The fourth-order valence-corrected chi connectivity index (χ4v) is 5.34. The number of rotatable bonds is 11. The number of hydrogen-bond acceptors (Lipinski definition) is 8. The van der Waals surface area contributed by atoms with Crippen molar-refractivity contribution in [3.63, 3.8) is 0 Å². The average Bonchev–Trinajstić information content (AvgIpc) is 3.29. The van der Waals surface area contributed by atoms with Crippen LogP contribution < -0.4 is 20.3 Å². The monoisotopic (exact) mass is 634 g/mol. The minimum absolute atomic E-state index is 0.267. The van der Waals surface area contributed by atoms with E-state index >= 15 is 0 Å². The van der Waals surface area contributed by atoms with Crippen molar-refractivity contribution < 1.29 is 9.53 Å². The molecule has 11 heteroatoms. The number of carbonyl (C=O) groups is 1. The minimum Gasteiger partial charge on any atom is -0.494 e. The molecule has 2 N–H and O–H groups in total. The molecule has 2 aromatic heterocycles. The van der Waals surface area contributed by atoms with Gasteiger partial charge in [0, 0.05) is 44.0 Å². The molecule has 2 heterocycles. The predicted molar refractivity (Wildman–Crippen MR) is 175 cm³/mol. The topological polar surface area (TPSA) is 100 Å². The third-order valence-corrected chi connectivity index (χ3v) is 7.58. The smallest absolute Gasteiger partial charge is 0.247 e. The Labute approximate surface area is 255 Å². The summed E-state index contributed by atoms with van der Waals surface area (Å²) in [5, 5.41) is 6.23. The van der Waals surface area contributed by atoms with Crippen molar-refractivity contribution in [2.45, 2.75) is 33.7 Å². The highest BCUT2D eigenvalue weighted by Crippen LogP contribution is 2.39. The molecule has 0 aliphatic carbocycles. The fourth-order valence-electron chi connectivity index (χ4n) is 4.92. The Morgan fingerprint density at radius 1 is 1.12 bits per heavy atom. The van der Waals surface area contributed by atoms with E-state index in [1.165, 1.54) is 6.08 Å². The van der Waals surface area contributed by atoms with E-state index in [-0.39, 0.29) is 11.9 Å². The standard InChI is InChI=1S/C31H39BrN8O2/c1-10-28(41)35-23-15-24(27(42-9)16-25(23)39(8)12-11-38(6)7)36-31-33-17-22(32)30(37-31)21-13-19(4)29-26(14-21)40(18(2)3)20(5)34-29/h10,13-18H,1,11-12H2,2-9H3,(H,35,41)(H,33,36,37). The Kier molecular flexibility index (Phi) is 9.53. The second-order valence-corrected chi connectivity index (χ2v) is 11.6. The maximum atomic E-state index is 12.3. The zero-order chi connectivity index (χ0) is 30.7. The SMILES string of the molecule is C=CC(=O)Nc1cc(Nc2ncc(Br)c(-c3cc(C)c4nc(C)n(C(C)C)c4c3)n2)c(OC)cc1N(C)CCN(C)C. The van der Waals surface area contributed by atoms with Gasteiger partial charge in [0.25, 0.3) is 0 Å². The number of likely N-dealkylation sites (N-methyl/N-ethyl adjacent to an activating group) is 2. The summed E-state index contributed by atoms with van der Waals surface area (Å²) in [7, 11) is 7.63. The molecular weight excluding hydrogens is 596 g/mol. The van der Waals surface area contributed by atoms with Gasteiger partial charge in [0.1, 0.15) is 11.6 Å². The van der Waals surface area contributed by atoms with Crippen LogP contribution in [0.5, 0.6) is 5.75 Å². The number of fused-ring (bicyclic) bond motifs is 1. The zero-order valence-electron chi connectivity index (χ0n) is 25.5. The number of aryl methyl sites for hydroxylation is 2. The van der Waals surface area contributed by atoms with Gasteiger partial charge in [-0.1, -0.05) is 6.58 Å². The first-order valence-electron chi connectivity index (χ1n) is 13.7. The first-order chi connectivity index (χ1) is 19.9. The molecule has 10 nitrogen and oxygen atoms in total. The van der Waals surface area contributed by atoms with Crippen LogP contribution in [0.3, 0.4) is 0 Å². The highest BCUT2D eigenvalue weighted by Gasteiger charge is 2.19. The lowest BCUT2D eigenvalue weighted by atomic mass is 10.1. The van der Waals surface area contributed by atoms with Crippen molar-refractivity contribution in [2.75, 3.05) is 56.9 Å². The summed E-state index contributed by atoms with van der Waals surface area (Å²) in [5.41, 5.74) is 6.85. The van der Waals surface area contributed by atoms with Gasteiger partial charge in [-0.3, -0.25) is 4.79 Å². The quantitative estimate of drug-likeness (QED) is 0.185. The summed E-state index contributed by atoms with van der Waals surface area (Å²) in [6, 6.07) is 8.21. The summed E-state index contributed by atoms with van der Waals surface area (Å²) in [6.07, 6.45) is 2.97. The second-order valence-electron chi connectivity index (χ2n) is 10.8. The van der Waals surface area contributed by atoms with Crippen molar-refractivity contribution >= 4 is 55.9 Å². The summed E-state index contributed by atoms with van der Waals surface area (Å²) in [4.78, 5) is 30.7. The van der Waals surface area contributed by atoms with Crippen LogP contribution in [0.4, 0.5) is 23.0 Å². The third-order valence-electron chi connectivity index (χ3n) is 7.00. The molecule has 0 atom stereocenters. The Bertz CT molecular complexity index is 1630. The first kappa shape index (κ1) is 31.0. The van der Waals surface area contributed by atoms with Crippen LogP contribution in [-0.2, 0) is 4.79 Å². The van der Waals surface area contributed by atoms with Gasteiger partial charge in [-0.05, 0) is 87.6 Å². The number of nitrogens with one attached hydrogen (secondary N) is 2. The first-order valence-corrected chi connectivity index (χ1v) is 14.5. The largest absolute Gasteiger partial charge is 0.494 e. The molecule has 0 aliphatic rings. The molecule has 0 fully saturated rings. The van der Waals surface area contributed by atoms with Gasteiger partial charge >= 0.3 is 0 Å². The molecule has 222 valence electrons. The number of nitrogens with zero attached hydrogens (tertiary/aromatic N) is 6. The average molecular weight is 636 g/mol. The van der Waals surface area contributed by atoms with Gasteiger partial charge in [-0.25, -0.2) is 15.0 Å². The number of carbonyl (C=O) groups excluding carboxylic acids is 1. The molecule has 0 radical (unpaired) electrons. The third kappa shape index (κ3) is 6.57. The molecular formula is C31H39BrN8O2. The summed E-state index contributed by atoms with van der Waals surface area (Å²) < 4.78 is 8.76. The van der Waals surface area contributed by atoms with E-state index in [9.17, 15) is 4.79 Å². The van der Waals surface area contributed by atoms with Gasteiger partial charge in [-0.15, -0.1) is 0 Å². The van der Waals surface area contributed by atoms with Crippen molar-refractivity contribution in [1.29, 1.82) is 0 Å². The molecule has 0 spiro atoms. The Morgan fingerprint density at radius 2 is 1.86 bits per heavy atom. The number of amides is 1. The number of anilines is 4. The molecule has 0 saturated carbocycles. The lowest BCUT2D eigenvalue weighted by Gasteiger charge is -2.26. The van der Waals surface area contributed by atoms with Gasteiger partial charge in [0.15, 0.2) is 0 Å². The number of hydrogen-bond donors (Lipinski definition) is 2. The maximum absolute atomic E-state index is 12.3. The van der Waals surface area contributed by atoms with Gasteiger partial charge in [0.05, 0.1) is 45.4 Å². The van der Waals surface area contributed by atoms with E-state index in [0.717, 1.165) is 56.9 Å². The number of benzene rings is 2. The van der Waals surface area contributed by atoms with Crippen LogP contribution in [0.2, 0.25) is 0 Å². The molecule has 1 amide bonds. The highest BCUT2D eigenvalue weighted by atomic mass is 79.9. The normalized spacial score (nSPS) is 11.3. The summed E-state index contributed by atoms with van der Waals surface area (Å²) >= 11 is 3.65. The molecule has 0 aliphatic heterocycles. The number of halogens is 1. The number of imidazole rings is 1. The Hall–Kier alpha value is -3.96. The highest BCUT2D eigenvalue weighted by molar-refractivity contribution is 9.10. The predicted octanol–water partition coefficient (Wildman–Crippen LogP) is 6.33. The lowest BCUT2D eigenvalue weighted by Crippen LogP contribution is -2.29. The van der Waals surface area contributed by atoms with Gasteiger partial charge < -0.3 is 29.7 Å². The van der Waals surface area contributed by atoms with Crippen LogP contribution in [0, 0.1) is 13.8 Å². The molecule has 2 aromatic carbocycles. The Morgan fingerprint density at radius 3 is 2.50 bits per heavy atom. The number of ether oxygens (including phenoxy) is 1. The van der Waals surface area contributed by atoms with E-state index in [2.05, 4.69) is 85.4 Å². The molecule has 4 aromatic rings. The fraction of sp³-hybridized carbons (Fsp3) is 0.355. The number of methoxy groups -OCH3 is 1. The summed E-state index contributed by atoms with van der Waals surface area (Å²) in [5.74, 6) is 1.64. The lowest BCUT2D eigenvalue weighted by molar-refractivity contribution is -0.111. The van der Waals surface area contributed by atoms with Crippen molar-refractivity contribution in [3.8, 4) is 17.0 Å². The number of aromatic nitrogens is 4. The van der Waals surface area contributed by atoms with Crippen LogP contribution in [0.15, 0.2) is 47.6 Å². The van der Waals surface area contributed by atoms with Crippen LogP contribution >= 0.6 is 15.9 Å². The molecule has 42 heavy (non-hydrogen) atoms. The zero-order valence-corrected chi connectivity index (χ0v) is 27.1. The van der Waals surface area contributed by atoms with Crippen LogP contribution in [-0.4, -0.2) is 71.7 Å². The molecule has 0 unspecified atom stereocenters. The van der Waals surface area contributed by atoms with E-state index in [4.69, 9.17) is 14.7 Å². The van der Waals surface area contributed by atoms with Crippen molar-refractivity contribution in [3.05, 3.63) is 59.0 Å². The summed E-state index contributed by atoms with van der Waals surface area (Å²) in [6.45, 7) is 13.6. The van der Waals surface area contributed by atoms with Crippen molar-refractivity contribution in [2.24, 2.45) is 0 Å². The van der Waals surface area contributed by atoms with E-state index in [0.29, 0.717) is 23.1 Å². The van der Waals surface area contributed by atoms with E-state index in [1.54, 1.807) is 13.3 Å².